The van der Waals surface area contributed by atoms with E-state index in [-0.39, 0.29) is 24.0 Å². The summed E-state index contributed by atoms with van der Waals surface area (Å²) in [6.07, 6.45) is 2.72. The van der Waals surface area contributed by atoms with Gasteiger partial charge in [0.25, 0.3) is 0 Å². The van der Waals surface area contributed by atoms with Crippen LogP contribution in [0.4, 0.5) is 4.79 Å². The van der Waals surface area contributed by atoms with E-state index in [1.165, 1.54) is 6.92 Å². The van der Waals surface area contributed by atoms with Gasteiger partial charge >= 0.3 is 12.0 Å². The second-order valence-electron chi connectivity index (χ2n) is 6.33. The zero-order chi connectivity index (χ0) is 14.7. The quantitative estimate of drug-likeness (QED) is 0.602. The third kappa shape index (κ3) is 5.06. The molecule has 0 bridgehead atoms. The number of carbonyl (C=O) groups is 2. The molecule has 6 nitrogen and oxygen atoms in total. The van der Waals surface area contributed by atoms with E-state index < -0.39 is 18.0 Å². The van der Waals surface area contributed by atoms with E-state index >= 15 is 0 Å². The molecule has 0 radical (unpaired) electrons. The standard InChI is InChI=1S/C13H24N2O4/c1-12(2)6-4-5-9(12)15-11(18)14-8-13(3,19)7-10(16)17/h9,19H,4-8H2,1-3H3,(H,16,17)(H2,14,15,18). The Morgan fingerprint density at radius 2 is 2.05 bits per heavy atom. The molecule has 0 saturated heterocycles. The van der Waals surface area contributed by atoms with Gasteiger partial charge in [0.05, 0.1) is 12.0 Å². The molecule has 1 rings (SSSR count). The molecule has 19 heavy (non-hydrogen) atoms. The lowest BCUT2D eigenvalue weighted by molar-refractivity contribution is -0.141. The molecular weight excluding hydrogens is 248 g/mol. The van der Waals surface area contributed by atoms with Gasteiger partial charge in [-0.2, -0.15) is 0 Å². The summed E-state index contributed by atoms with van der Waals surface area (Å²) in [6.45, 7) is 5.54. The average molecular weight is 272 g/mol. The highest BCUT2D eigenvalue weighted by Crippen LogP contribution is 2.37. The molecule has 0 aliphatic heterocycles. The second-order valence-corrected chi connectivity index (χ2v) is 6.33. The van der Waals surface area contributed by atoms with Crippen LogP contribution >= 0.6 is 0 Å². The van der Waals surface area contributed by atoms with Gasteiger partial charge in [-0.05, 0) is 25.2 Å². The molecule has 2 amide bonds. The summed E-state index contributed by atoms with van der Waals surface area (Å²) in [5, 5.41) is 23.8. The van der Waals surface area contributed by atoms with Crippen molar-refractivity contribution in [2.45, 2.75) is 58.1 Å². The van der Waals surface area contributed by atoms with Gasteiger partial charge in [-0.3, -0.25) is 4.79 Å². The fourth-order valence-corrected chi connectivity index (χ4v) is 2.46. The Balaban J connectivity index is 2.38. The number of nitrogens with one attached hydrogen (secondary N) is 2. The van der Waals surface area contributed by atoms with E-state index in [0.29, 0.717) is 0 Å². The first-order valence-electron chi connectivity index (χ1n) is 6.61. The molecule has 0 aromatic heterocycles. The smallest absolute Gasteiger partial charge is 0.315 e. The Bertz CT molecular complexity index is 353. The van der Waals surface area contributed by atoms with Crippen LogP contribution in [-0.2, 0) is 4.79 Å². The second kappa shape index (κ2) is 5.77. The number of carboxylic acids is 1. The fourth-order valence-electron chi connectivity index (χ4n) is 2.46. The van der Waals surface area contributed by atoms with E-state index in [9.17, 15) is 14.7 Å². The maximum Gasteiger partial charge on any atom is 0.315 e. The molecule has 6 heteroatoms. The van der Waals surface area contributed by atoms with Gasteiger partial charge in [0.1, 0.15) is 0 Å². The molecule has 1 fully saturated rings. The van der Waals surface area contributed by atoms with Gasteiger partial charge in [-0.1, -0.05) is 20.3 Å². The molecule has 0 aromatic rings. The van der Waals surface area contributed by atoms with Crippen molar-refractivity contribution in [3.63, 3.8) is 0 Å². The Labute approximate surface area is 113 Å². The van der Waals surface area contributed by atoms with Gasteiger partial charge < -0.3 is 20.8 Å². The van der Waals surface area contributed by atoms with Crippen LogP contribution in [0.3, 0.4) is 0 Å². The Morgan fingerprint density at radius 1 is 1.42 bits per heavy atom. The Hall–Kier alpha value is -1.30. The molecule has 1 aliphatic rings. The van der Waals surface area contributed by atoms with E-state index in [0.717, 1.165) is 19.3 Å². The summed E-state index contributed by atoms with van der Waals surface area (Å²) in [6, 6.07) is -0.234. The van der Waals surface area contributed by atoms with Crippen LogP contribution in [0.5, 0.6) is 0 Å². The van der Waals surface area contributed by atoms with Crippen LogP contribution in [0.15, 0.2) is 0 Å². The number of aliphatic carboxylic acids is 1. The first-order valence-corrected chi connectivity index (χ1v) is 6.61. The van der Waals surface area contributed by atoms with E-state index in [2.05, 4.69) is 24.5 Å². The van der Waals surface area contributed by atoms with E-state index in [4.69, 9.17) is 5.11 Å². The number of hydrogen-bond acceptors (Lipinski definition) is 3. The lowest BCUT2D eigenvalue weighted by atomic mass is 9.87. The van der Waals surface area contributed by atoms with Gasteiger partial charge in [0.15, 0.2) is 0 Å². The van der Waals surface area contributed by atoms with Gasteiger partial charge in [0.2, 0.25) is 0 Å². The first-order chi connectivity index (χ1) is 8.62. The highest BCUT2D eigenvalue weighted by atomic mass is 16.4. The molecule has 1 saturated carbocycles. The third-order valence-electron chi connectivity index (χ3n) is 3.72. The molecule has 4 N–H and O–H groups in total. The van der Waals surface area contributed by atoms with Crippen molar-refractivity contribution in [2.75, 3.05) is 6.54 Å². The molecular formula is C13H24N2O4. The lowest BCUT2D eigenvalue weighted by Gasteiger charge is -2.28. The number of carboxylic acid groups (broad SMARTS) is 1. The first kappa shape index (κ1) is 15.8. The van der Waals surface area contributed by atoms with Crippen molar-refractivity contribution in [1.82, 2.24) is 10.6 Å². The number of hydrogen-bond donors (Lipinski definition) is 4. The zero-order valence-corrected chi connectivity index (χ0v) is 11.8. The SMILES string of the molecule is CC(O)(CNC(=O)NC1CCCC1(C)C)CC(=O)O. The summed E-state index contributed by atoms with van der Waals surface area (Å²) in [5.41, 5.74) is -1.35. The number of carbonyl (C=O) groups excluding carboxylic acids is 1. The summed E-state index contributed by atoms with van der Waals surface area (Å²) in [5.74, 6) is -1.09. The molecule has 2 unspecified atom stereocenters. The van der Waals surface area contributed by atoms with Crippen molar-refractivity contribution < 1.29 is 19.8 Å². The van der Waals surface area contributed by atoms with Crippen molar-refractivity contribution in [1.29, 1.82) is 0 Å². The van der Waals surface area contributed by atoms with E-state index in [1.807, 2.05) is 0 Å². The van der Waals surface area contributed by atoms with Crippen molar-refractivity contribution >= 4 is 12.0 Å². The topological polar surface area (TPSA) is 98.7 Å². The predicted molar refractivity (Wildman–Crippen MR) is 70.8 cm³/mol. The summed E-state index contributed by atoms with van der Waals surface area (Å²) < 4.78 is 0. The Morgan fingerprint density at radius 3 is 2.53 bits per heavy atom. The highest BCUT2D eigenvalue weighted by molar-refractivity contribution is 5.74. The highest BCUT2D eigenvalue weighted by Gasteiger charge is 2.35. The van der Waals surface area contributed by atoms with Gasteiger partial charge in [-0.15, -0.1) is 0 Å². The molecule has 0 aromatic carbocycles. The van der Waals surface area contributed by atoms with E-state index in [1.54, 1.807) is 0 Å². The molecule has 1 aliphatic carbocycles. The number of aliphatic hydroxyl groups is 1. The fraction of sp³-hybridized carbons (Fsp3) is 0.846. The minimum absolute atomic E-state index is 0.0842. The van der Waals surface area contributed by atoms with Crippen molar-refractivity contribution in [3.8, 4) is 0 Å². The maximum absolute atomic E-state index is 11.7. The van der Waals surface area contributed by atoms with Crippen LogP contribution in [-0.4, -0.2) is 40.4 Å². The average Bonchev–Trinajstić information content (AvgIpc) is 2.54. The Kier molecular flexibility index (Phi) is 4.79. The number of urea groups is 1. The number of rotatable bonds is 5. The van der Waals surface area contributed by atoms with Crippen molar-refractivity contribution in [3.05, 3.63) is 0 Å². The van der Waals surface area contributed by atoms with Crippen LogP contribution in [0.2, 0.25) is 0 Å². The van der Waals surface area contributed by atoms with Crippen LogP contribution < -0.4 is 10.6 Å². The van der Waals surface area contributed by atoms with Gasteiger partial charge in [0, 0.05) is 12.6 Å². The third-order valence-corrected chi connectivity index (χ3v) is 3.72. The van der Waals surface area contributed by atoms with Gasteiger partial charge in [-0.25, -0.2) is 4.79 Å². The molecule has 0 heterocycles. The predicted octanol–water partition coefficient (Wildman–Crippen LogP) is 1.09. The minimum atomic E-state index is -1.44. The zero-order valence-electron chi connectivity index (χ0n) is 11.8. The van der Waals surface area contributed by atoms with Crippen LogP contribution in [0.25, 0.3) is 0 Å². The number of amides is 2. The normalized spacial score (nSPS) is 24.5. The largest absolute Gasteiger partial charge is 0.481 e. The monoisotopic (exact) mass is 272 g/mol. The molecule has 0 spiro atoms. The van der Waals surface area contributed by atoms with Crippen LogP contribution in [0, 0.1) is 5.41 Å². The summed E-state index contributed by atoms with van der Waals surface area (Å²) >= 11 is 0. The lowest BCUT2D eigenvalue weighted by Crippen LogP contribution is -2.50. The maximum atomic E-state index is 11.7. The van der Waals surface area contributed by atoms with Crippen molar-refractivity contribution in [2.24, 2.45) is 5.41 Å². The summed E-state index contributed by atoms with van der Waals surface area (Å²) in [7, 11) is 0. The molecule has 110 valence electrons. The van der Waals surface area contributed by atoms with Crippen LogP contribution in [0.1, 0.15) is 46.5 Å². The summed E-state index contributed by atoms with van der Waals surface area (Å²) in [4.78, 5) is 22.3. The minimum Gasteiger partial charge on any atom is -0.481 e. The molecule has 2 atom stereocenters.